The highest BCUT2D eigenvalue weighted by molar-refractivity contribution is 5.98. The number of benzene rings is 3. The van der Waals surface area contributed by atoms with E-state index < -0.39 is 0 Å². The van der Waals surface area contributed by atoms with E-state index in [1.807, 2.05) is 24.3 Å². The number of carbonyl (C=O) groups excluding carboxylic acids is 2. The van der Waals surface area contributed by atoms with Crippen LogP contribution < -0.4 is 11.1 Å². The van der Waals surface area contributed by atoms with Gasteiger partial charge in [0, 0.05) is 31.1 Å². The van der Waals surface area contributed by atoms with Crippen molar-refractivity contribution >= 4 is 28.2 Å². The van der Waals surface area contributed by atoms with E-state index in [1.54, 1.807) is 30.6 Å². The number of carbonyl (C=O) groups is 2. The molecule has 0 atom stereocenters. The van der Waals surface area contributed by atoms with Crippen molar-refractivity contribution in [2.45, 2.75) is 25.8 Å². The van der Waals surface area contributed by atoms with Gasteiger partial charge in [-0.15, -0.1) is 0 Å². The first-order chi connectivity index (χ1) is 15.6. The minimum Gasteiger partial charge on any atom is -0.397 e. The van der Waals surface area contributed by atoms with Gasteiger partial charge in [0.15, 0.2) is 5.78 Å². The quantitative estimate of drug-likeness (QED) is 0.409. The molecule has 160 valence electrons. The first-order valence-corrected chi connectivity index (χ1v) is 10.6. The monoisotopic (exact) mass is 423 g/mol. The fourth-order valence-electron chi connectivity index (χ4n) is 3.62. The van der Waals surface area contributed by atoms with E-state index in [-0.39, 0.29) is 18.1 Å². The predicted molar refractivity (Wildman–Crippen MR) is 127 cm³/mol. The lowest BCUT2D eigenvalue weighted by Gasteiger charge is -2.08. The lowest BCUT2D eigenvalue weighted by molar-refractivity contribution is -0.121. The summed E-state index contributed by atoms with van der Waals surface area (Å²) in [6.07, 6.45) is 4.54. The molecule has 0 unspecified atom stereocenters. The van der Waals surface area contributed by atoms with Gasteiger partial charge in [0.25, 0.3) is 0 Å². The number of amides is 1. The molecule has 0 aliphatic rings. The average Bonchev–Trinajstić information content (AvgIpc) is 2.83. The zero-order valence-corrected chi connectivity index (χ0v) is 17.8. The minimum atomic E-state index is -0.00568. The first kappa shape index (κ1) is 21.2. The number of anilines is 1. The van der Waals surface area contributed by atoms with Gasteiger partial charge in [0.05, 0.1) is 11.9 Å². The number of hydrogen-bond acceptors (Lipinski definition) is 4. The van der Waals surface area contributed by atoms with E-state index >= 15 is 0 Å². The van der Waals surface area contributed by atoms with Crippen molar-refractivity contribution in [1.29, 1.82) is 0 Å². The summed E-state index contributed by atoms with van der Waals surface area (Å²) in [5, 5.41) is 5.34. The maximum atomic E-state index is 12.5. The molecule has 4 aromatic rings. The van der Waals surface area contributed by atoms with Crippen molar-refractivity contribution in [2.75, 3.05) is 5.73 Å². The molecule has 0 radical (unpaired) electrons. The van der Waals surface area contributed by atoms with Gasteiger partial charge in [-0.3, -0.25) is 14.6 Å². The highest BCUT2D eigenvalue weighted by Gasteiger charge is 2.10. The molecule has 1 aromatic heterocycles. The number of fused-ring (bicyclic) bond motifs is 1. The van der Waals surface area contributed by atoms with E-state index in [1.165, 1.54) is 10.8 Å². The Hall–Kier alpha value is -3.99. The molecular formula is C27H25N3O2. The fraction of sp³-hybridized carbons (Fsp3) is 0.148. The summed E-state index contributed by atoms with van der Waals surface area (Å²) < 4.78 is 0. The highest BCUT2D eigenvalue weighted by atomic mass is 16.1. The van der Waals surface area contributed by atoms with Crippen molar-refractivity contribution in [3.63, 3.8) is 0 Å². The van der Waals surface area contributed by atoms with Gasteiger partial charge in [-0.1, -0.05) is 66.7 Å². The summed E-state index contributed by atoms with van der Waals surface area (Å²) >= 11 is 0. The minimum absolute atomic E-state index is 0.00568. The van der Waals surface area contributed by atoms with E-state index in [4.69, 9.17) is 5.73 Å². The van der Waals surface area contributed by atoms with Gasteiger partial charge in [-0.25, -0.2) is 0 Å². The van der Waals surface area contributed by atoms with Gasteiger partial charge < -0.3 is 11.1 Å². The van der Waals surface area contributed by atoms with E-state index in [0.717, 1.165) is 16.7 Å². The molecule has 0 bridgehead atoms. The predicted octanol–water partition coefficient (Wildman–Crippen LogP) is 4.49. The largest absolute Gasteiger partial charge is 0.397 e. The number of rotatable bonds is 8. The van der Waals surface area contributed by atoms with Crippen LogP contribution in [0.3, 0.4) is 0 Å². The Kier molecular flexibility index (Phi) is 6.56. The van der Waals surface area contributed by atoms with Gasteiger partial charge in [0.2, 0.25) is 5.91 Å². The first-order valence-electron chi connectivity index (χ1n) is 10.6. The molecular weight excluding hydrogens is 398 g/mol. The molecule has 0 aliphatic carbocycles. The molecule has 5 heteroatoms. The molecule has 0 spiro atoms. The molecule has 0 fully saturated rings. The SMILES string of the molecule is Nc1cnccc1CC(=O)c1ccc(CNC(=O)CCc2ccc3ccccc3c2)cc1. The zero-order valence-electron chi connectivity index (χ0n) is 17.8. The summed E-state index contributed by atoms with van der Waals surface area (Å²) in [7, 11) is 0. The summed E-state index contributed by atoms with van der Waals surface area (Å²) in [4.78, 5) is 28.7. The topological polar surface area (TPSA) is 85.1 Å². The number of pyridine rings is 1. The van der Waals surface area contributed by atoms with Crippen LogP contribution >= 0.6 is 0 Å². The molecule has 0 saturated carbocycles. The van der Waals surface area contributed by atoms with Crippen molar-refractivity contribution in [2.24, 2.45) is 0 Å². The van der Waals surface area contributed by atoms with Crippen molar-refractivity contribution < 1.29 is 9.59 Å². The molecule has 3 N–H and O–H groups in total. The number of aromatic nitrogens is 1. The Morgan fingerprint density at radius 2 is 1.62 bits per heavy atom. The van der Waals surface area contributed by atoms with Gasteiger partial charge >= 0.3 is 0 Å². The van der Waals surface area contributed by atoms with Crippen LogP contribution in [-0.2, 0) is 24.2 Å². The number of nitrogens with one attached hydrogen (secondary N) is 1. The number of aryl methyl sites for hydroxylation is 1. The van der Waals surface area contributed by atoms with Crippen LogP contribution in [0.2, 0.25) is 0 Å². The maximum Gasteiger partial charge on any atom is 0.220 e. The third-order valence-corrected chi connectivity index (χ3v) is 5.52. The Morgan fingerprint density at radius 1 is 0.875 bits per heavy atom. The van der Waals surface area contributed by atoms with Crippen molar-refractivity contribution in [1.82, 2.24) is 10.3 Å². The lowest BCUT2D eigenvalue weighted by Crippen LogP contribution is -2.23. The van der Waals surface area contributed by atoms with Crippen LogP contribution in [0.15, 0.2) is 85.2 Å². The Morgan fingerprint density at radius 3 is 2.41 bits per heavy atom. The molecule has 1 heterocycles. The van der Waals surface area contributed by atoms with Gasteiger partial charge in [-0.05, 0) is 39.9 Å². The second kappa shape index (κ2) is 9.88. The van der Waals surface area contributed by atoms with Crippen LogP contribution in [0.4, 0.5) is 5.69 Å². The van der Waals surface area contributed by atoms with Gasteiger partial charge in [-0.2, -0.15) is 0 Å². The second-order valence-corrected chi connectivity index (χ2v) is 7.83. The summed E-state index contributed by atoms with van der Waals surface area (Å²) in [6.45, 7) is 0.433. The van der Waals surface area contributed by atoms with E-state index in [9.17, 15) is 9.59 Å². The fourth-order valence-corrected chi connectivity index (χ4v) is 3.62. The van der Waals surface area contributed by atoms with Crippen molar-refractivity contribution in [3.05, 3.63) is 107 Å². The molecule has 5 nitrogen and oxygen atoms in total. The van der Waals surface area contributed by atoms with Crippen LogP contribution in [0, 0.1) is 0 Å². The number of hydrogen-bond donors (Lipinski definition) is 2. The third-order valence-electron chi connectivity index (χ3n) is 5.52. The van der Waals surface area contributed by atoms with Gasteiger partial charge in [0.1, 0.15) is 0 Å². The summed E-state index contributed by atoms with van der Waals surface area (Å²) in [5.74, 6) is 0.000319. The Balaban J connectivity index is 1.26. The Bertz CT molecular complexity index is 1250. The number of Topliss-reactive ketones (excluding diaryl/α,β-unsaturated/α-hetero) is 1. The lowest BCUT2D eigenvalue weighted by atomic mass is 10.0. The zero-order chi connectivity index (χ0) is 22.3. The number of nitrogens with zero attached hydrogens (tertiary/aromatic N) is 1. The van der Waals surface area contributed by atoms with E-state index in [2.05, 4.69) is 40.6 Å². The summed E-state index contributed by atoms with van der Waals surface area (Å²) in [6, 6.07) is 23.6. The molecule has 0 saturated heterocycles. The second-order valence-electron chi connectivity index (χ2n) is 7.83. The molecule has 4 rings (SSSR count). The van der Waals surface area contributed by atoms with Crippen molar-refractivity contribution in [3.8, 4) is 0 Å². The molecule has 3 aromatic carbocycles. The average molecular weight is 424 g/mol. The summed E-state index contributed by atoms with van der Waals surface area (Å²) in [5.41, 5.74) is 9.87. The number of ketones is 1. The third kappa shape index (κ3) is 5.38. The van der Waals surface area contributed by atoms with Crippen LogP contribution in [0.25, 0.3) is 10.8 Å². The highest BCUT2D eigenvalue weighted by Crippen LogP contribution is 2.17. The molecule has 1 amide bonds. The van der Waals surface area contributed by atoms with E-state index in [0.29, 0.717) is 30.6 Å². The standard InChI is InChI=1S/C27H25N3O2/c28-25-18-29-14-13-24(25)16-26(31)22-10-6-20(7-11-22)17-30-27(32)12-8-19-5-9-21-3-1-2-4-23(21)15-19/h1-7,9-11,13-15,18H,8,12,16-17,28H2,(H,30,32). The number of nitrogen functional groups attached to an aromatic ring is 1. The van der Waals surface area contributed by atoms with Crippen LogP contribution in [0.1, 0.15) is 33.5 Å². The number of nitrogens with two attached hydrogens (primary N) is 1. The molecule has 32 heavy (non-hydrogen) atoms. The normalized spacial score (nSPS) is 10.8. The Labute approximate surface area is 187 Å². The molecule has 0 aliphatic heterocycles. The van der Waals surface area contributed by atoms with Crippen LogP contribution in [-0.4, -0.2) is 16.7 Å². The van der Waals surface area contributed by atoms with Crippen LogP contribution in [0.5, 0.6) is 0 Å². The maximum absolute atomic E-state index is 12.5. The smallest absolute Gasteiger partial charge is 0.220 e.